The third-order valence-corrected chi connectivity index (χ3v) is 2.65. The molecule has 2 atom stereocenters. The van der Waals surface area contributed by atoms with Gasteiger partial charge in [-0.25, -0.2) is 0 Å². The number of benzene rings is 1. The molecule has 0 aliphatic heterocycles. The van der Waals surface area contributed by atoms with Crippen molar-refractivity contribution in [1.29, 1.82) is 0 Å². The van der Waals surface area contributed by atoms with Crippen molar-refractivity contribution >= 4 is 0 Å². The SMILES string of the molecule is CC(O)CNCc1cc(CN)cc(CC(C)O)c1. The van der Waals surface area contributed by atoms with Gasteiger partial charge < -0.3 is 21.3 Å². The average Bonchev–Trinajstić information content (AvgIpc) is 2.27. The van der Waals surface area contributed by atoms with E-state index in [0.29, 0.717) is 26.1 Å². The molecule has 102 valence electrons. The van der Waals surface area contributed by atoms with Gasteiger partial charge in [0, 0.05) is 19.6 Å². The maximum Gasteiger partial charge on any atom is 0.0636 e. The van der Waals surface area contributed by atoms with Gasteiger partial charge >= 0.3 is 0 Å². The first-order valence-corrected chi connectivity index (χ1v) is 6.40. The van der Waals surface area contributed by atoms with E-state index in [9.17, 15) is 10.2 Å². The van der Waals surface area contributed by atoms with Crippen LogP contribution >= 0.6 is 0 Å². The normalized spacial score (nSPS) is 14.5. The minimum atomic E-state index is -0.351. The fourth-order valence-electron chi connectivity index (χ4n) is 1.94. The van der Waals surface area contributed by atoms with E-state index in [2.05, 4.69) is 17.4 Å². The Labute approximate surface area is 109 Å². The molecular weight excluding hydrogens is 228 g/mol. The summed E-state index contributed by atoms with van der Waals surface area (Å²) in [7, 11) is 0. The topological polar surface area (TPSA) is 78.5 Å². The van der Waals surface area contributed by atoms with Crippen LogP contribution in [0.3, 0.4) is 0 Å². The standard InChI is InChI=1S/C14H24N2O2/c1-10(17)3-12-4-13(7-15)6-14(5-12)9-16-8-11(2)18/h4-6,10-11,16-18H,3,7-9,15H2,1-2H3. The Morgan fingerprint density at radius 3 is 2.22 bits per heavy atom. The predicted molar refractivity (Wildman–Crippen MR) is 73.1 cm³/mol. The summed E-state index contributed by atoms with van der Waals surface area (Å²) in [5.74, 6) is 0. The fraction of sp³-hybridized carbons (Fsp3) is 0.571. The van der Waals surface area contributed by atoms with Gasteiger partial charge in [-0.3, -0.25) is 0 Å². The van der Waals surface area contributed by atoms with Crippen LogP contribution in [-0.4, -0.2) is 29.0 Å². The molecule has 0 radical (unpaired) electrons. The smallest absolute Gasteiger partial charge is 0.0636 e. The molecule has 0 spiro atoms. The highest BCUT2D eigenvalue weighted by Crippen LogP contribution is 2.12. The van der Waals surface area contributed by atoms with Crippen LogP contribution in [0.5, 0.6) is 0 Å². The zero-order chi connectivity index (χ0) is 13.5. The molecule has 0 heterocycles. The van der Waals surface area contributed by atoms with Crippen LogP contribution in [0.4, 0.5) is 0 Å². The molecule has 4 nitrogen and oxygen atoms in total. The minimum Gasteiger partial charge on any atom is -0.393 e. The maximum absolute atomic E-state index is 9.43. The zero-order valence-corrected chi connectivity index (χ0v) is 11.2. The first-order chi connectivity index (χ1) is 8.51. The molecule has 0 aliphatic rings. The van der Waals surface area contributed by atoms with Crippen LogP contribution in [-0.2, 0) is 19.5 Å². The van der Waals surface area contributed by atoms with Crippen LogP contribution in [0, 0.1) is 0 Å². The molecule has 2 unspecified atom stereocenters. The third-order valence-electron chi connectivity index (χ3n) is 2.65. The molecule has 0 amide bonds. The van der Waals surface area contributed by atoms with Crippen LogP contribution in [0.25, 0.3) is 0 Å². The highest BCUT2D eigenvalue weighted by molar-refractivity contribution is 5.30. The molecule has 1 rings (SSSR count). The second kappa shape index (κ2) is 7.48. The van der Waals surface area contributed by atoms with Gasteiger partial charge in [-0.05, 0) is 37.0 Å². The van der Waals surface area contributed by atoms with E-state index in [1.54, 1.807) is 13.8 Å². The summed E-state index contributed by atoms with van der Waals surface area (Å²) in [6.07, 6.45) is -0.0621. The van der Waals surface area contributed by atoms with Crippen molar-refractivity contribution < 1.29 is 10.2 Å². The van der Waals surface area contributed by atoms with E-state index in [-0.39, 0.29) is 12.2 Å². The second-order valence-electron chi connectivity index (χ2n) is 4.89. The molecular formula is C14H24N2O2. The number of rotatable bonds is 7. The van der Waals surface area contributed by atoms with Crippen LogP contribution in [0.15, 0.2) is 18.2 Å². The lowest BCUT2D eigenvalue weighted by Crippen LogP contribution is -2.24. The van der Waals surface area contributed by atoms with Crippen molar-refractivity contribution in [3.8, 4) is 0 Å². The monoisotopic (exact) mass is 252 g/mol. The second-order valence-corrected chi connectivity index (χ2v) is 4.89. The van der Waals surface area contributed by atoms with Crippen LogP contribution in [0.1, 0.15) is 30.5 Å². The first-order valence-electron chi connectivity index (χ1n) is 6.40. The molecule has 0 fully saturated rings. The lowest BCUT2D eigenvalue weighted by atomic mass is 10.0. The average molecular weight is 252 g/mol. The highest BCUT2D eigenvalue weighted by Gasteiger charge is 2.04. The molecule has 5 N–H and O–H groups in total. The molecule has 0 aromatic heterocycles. The summed E-state index contributed by atoms with van der Waals surface area (Å²) in [5, 5.41) is 21.8. The Kier molecular flexibility index (Phi) is 6.29. The van der Waals surface area contributed by atoms with Gasteiger partial charge in [0.15, 0.2) is 0 Å². The summed E-state index contributed by atoms with van der Waals surface area (Å²) in [6, 6.07) is 6.16. The molecule has 0 saturated heterocycles. The van der Waals surface area contributed by atoms with Gasteiger partial charge in [0.1, 0.15) is 0 Å². The van der Waals surface area contributed by atoms with Crippen LogP contribution < -0.4 is 11.1 Å². The predicted octanol–water partition coefficient (Wildman–Crippen LogP) is 0.539. The summed E-state index contributed by atoms with van der Waals surface area (Å²) in [5.41, 5.74) is 8.98. The molecule has 0 aliphatic carbocycles. The third kappa shape index (κ3) is 5.60. The van der Waals surface area contributed by atoms with Crippen molar-refractivity contribution in [2.24, 2.45) is 5.73 Å². The Morgan fingerprint density at radius 2 is 1.67 bits per heavy atom. The van der Waals surface area contributed by atoms with E-state index in [1.165, 1.54) is 0 Å². The van der Waals surface area contributed by atoms with Crippen molar-refractivity contribution in [1.82, 2.24) is 5.32 Å². The number of hydrogen-bond donors (Lipinski definition) is 4. The Balaban J connectivity index is 2.70. The zero-order valence-electron chi connectivity index (χ0n) is 11.2. The van der Waals surface area contributed by atoms with Gasteiger partial charge in [0.25, 0.3) is 0 Å². The Hall–Kier alpha value is -0.940. The number of aliphatic hydroxyl groups is 2. The molecule has 0 bridgehead atoms. The first kappa shape index (κ1) is 15.1. The summed E-state index contributed by atoms with van der Waals surface area (Å²) < 4.78 is 0. The molecule has 18 heavy (non-hydrogen) atoms. The van der Waals surface area contributed by atoms with E-state index >= 15 is 0 Å². The molecule has 0 saturated carbocycles. The van der Waals surface area contributed by atoms with E-state index in [1.807, 2.05) is 6.07 Å². The van der Waals surface area contributed by atoms with Gasteiger partial charge in [0.2, 0.25) is 0 Å². The number of nitrogens with two attached hydrogens (primary N) is 1. The largest absolute Gasteiger partial charge is 0.393 e. The van der Waals surface area contributed by atoms with Gasteiger partial charge in [0.05, 0.1) is 12.2 Å². The van der Waals surface area contributed by atoms with Crippen LogP contribution in [0.2, 0.25) is 0 Å². The van der Waals surface area contributed by atoms with Gasteiger partial charge in [-0.2, -0.15) is 0 Å². The molecule has 1 aromatic rings. The quantitative estimate of drug-likeness (QED) is 0.571. The molecule has 1 aromatic carbocycles. The summed E-state index contributed by atoms with van der Waals surface area (Å²) >= 11 is 0. The Bertz CT molecular complexity index is 365. The van der Waals surface area contributed by atoms with Crippen molar-refractivity contribution in [3.05, 3.63) is 34.9 Å². The van der Waals surface area contributed by atoms with Crippen molar-refractivity contribution in [3.63, 3.8) is 0 Å². The van der Waals surface area contributed by atoms with E-state index in [0.717, 1.165) is 16.7 Å². The minimum absolute atomic E-state index is 0.348. The van der Waals surface area contributed by atoms with E-state index < -0.39 is 0 Å². The van der Waals surface area contributed by atoms with Crippen molar-refractivity contribution in [2.75, 3.05) is 6.54 Å². The Morgan fingerprint density at radius 1 is 1.06 bits per heavy atom. The highest BCUT2D eigenvalue weighted by atomic mass is 16.3. The fourth-order valence-corrected chi connectivity index (χ4v) is 1.94. The number of aliphatic hydroxyl groups excluding tert-OH is 2. The molecule has 4 heteroatoms. The van der Waals surface area contributed by atoms with E-state index in [4.69, 9.17) is 5.73 Å². The summed E-state index contributed by atoms with van der Waals surface area (Å²) in [6.45, 7) is 5.30. The number of nitrogens with one attached hydrogen (secondary N) is 1. The lowest BCUT2D eigenvalue weighted by Gasteiger charge is -2.12. The maximum atomic E-state index is 9.43. The van der Waals surface area contributed by atoms with Gasteiger partial charge in [-0.1, -0.05) is 18.2 Å². The lowest BCUT2D eigenvalue weighted by molar-refractivity contribution is 0.191. The number of hydrogen-bond acceptors (Lipinski definition) is 4. The summed E-state index contributed by atoms with van der Waals surface area (Å²) in [4.78, 5) is 0. The van der Waals surface area contributed by atoms with Gasteiger partial charge in [-0.15, -0.1) is 0 Å². The van der Waals surface area contributed by atoms with Crippen molar-refractivity contribution in [2.45, 2.75) is 45.6 Å².